The number of amidine groups is 1. The van der Waals surface area contributed by atoms with Crippen LogP contribution in [0, 0.1) is 6.92 Å². The molecule has 110 valence electrons. The summed E-state index contributed by atoms with van der Waals surface area (Å²) in [6.07, 6.45) is 6.95. The van der Waals surface area contributed by atoms with Gasteiger partial charge in [-0.05, 0) is 19.8 Å². The summed E-state index contributed by atoms with van der Waals surface area (Å²) in [6.45, 7) is 1.78. The summed E-state index contributed by atoms with van der Waals surface area (Å²) in [5.74, 6) is -0.168. The Balaban J connectivity index is 2.24. The summed E-state index contributed by atoms with van der Waals surface area (Å²) in [6, 6.07) is 0. The lowest BCUT2D eigenvalue weighted by Gasteiger charge is -2.32. The Bertz CT molecular complexity index is 501. The number of hydrogen-bond donors (Lipinski definition) is 4. The first-order valence-corrected chi connectivity index (χ1v) is 6.89. The summed E-state index contributed by atoms with van der Waals surface area (Å²) in [4.78, 5) is 12.4. The third-order valence-electron chi connectivity index (χ3n) is 3.98. The van der Waals surface area contributed by atoms with Crippen molar-refractivity contribution >= 4 is 11.7 Å². The zero-order chi connectivity index (χ0) is 14.6. The summed E-state index contributed by atoms with van der Waals surface area (Å²) < 4.78 is 0. The van der Waals surface area contributed by atoms with Crippen LogP contribution in [0.2, 0.25) is 0 Å². The molecule has 1 aliphatic carbocycles. The van der Waals surface area contributed by atoms with E-state index in [0.29, 0.717) is 24.1 Å². The smallest absolute Gasteiger partial charge is 0.255 e. The van der Waals surface area contributed by atoms with E-state index in [9.17, 15) is 4.79 Å². The molecule has 1 saturated carbocycles. The Hall–Kier alpha value is -2.05. The van der Waals surface area contributed by atoms with E-state index in [4.69, 9.17) is 10.9 Å². The highest BCUT2D eigenvalue weighted by atomic mass is 16.4. The molecule has 1 fully saturated rings. The highest BCUT2D eigenvalue weighted by Crippen LogP contribution is 2.28. The van der Waals surface area contributed by atoms with Crippen molar-refractivity contribution in [3.63, 3.8) is 0 Å². The molecule has 0 saturated heterocycles. The molecule has 0 radical (unpaired) electrons. The van der Waals surface area contributed by atoms with Crippen LogP contribution in [0.4, 0.5) is 0 Å². The van der Waals surface area contributed by atoms with E-state index >= 15 is 0 Å². The number of nitrogens with zero attached hydrogens (tertiary/aromatic N) is 2. The van der Waals surface area contributed by atoms with Gasteiger partial charge in [0.2, 0.25) is 0 Å². The van der Waals surface area contributed by atoms with Crippen molar-refractivity contribution < 1.29 is 10.0 Å². The zero-order valence-electron chi connectivity index (χ0n) is 11.6. The van der Waals surface area contributed by atoms with Crippen LogP contribution in [0.5, 0.6) is 0 Å². The fourth-order valence-electron chi connectivity index (χ4n) is 2.74. The minimum Gasteiger partial charge on any atom is -0.409 e. The van der Waals surface area contributed by atoms with E-state index < -0.39 is 5.54 Å². The lowest BCUT2D eigenvalue weighted by molar-refractivity contribution is 0.0915. The molecule has 0 aromatic carbocycles. The predicted molar refractivity (Wildman–Crippen MR) is 74.6 cm³/mol. The number of carbonyl (C=O) groups is 1. The van der Waals surface area contributed by atoms with Gasteiger partial charge in [-0.1, -0.05) is 30.8 Å². The first-order valence-electron chi connectivity index (χ1n) is 6.89. The first-order chi connectivity index (χ1) is 9.59. The average molecular weight is 279 g/mol. The van der Waals surface area contributed by atoms with Crippen LogP contribution in [0.1, 0.15) is 54.6 Å². The number of hydrogen-bond acceptors (Lipinski definition) is 4. The fourth-order valence-corrected chi connectivity index (χ4v) is 2.74. The molecular weight excluding hydrogens is 258 g/mol. The maximum atomic E-state index is 12.4. The van der Waals surface area contributed by atoms with Crippen molar-refractivity contribution in [2.45, 2.75) is 51.0 Å². The van der Waals surface area contributed by atoms with Crippen molar-refractivity contribution in [3.8, 4) is 0 Å². The van der Waals surface area contributed by atoms with Crippen LogP contribution in [-0.2, 0) is 0 Å². The molecule has 1 aromatic heterocycles. The number of amides is 1. The molecule has 0 bridgehead atoms. The topological polar surface area (TPSA) is 116 Å². The van der Waals surface area contributed by atoms with Crippen molar-refractivity contribution in [2.75, 3.05) is 0 Å². The third kappa shape index (κ3) is 2.76. The SMILES string of the molecule is Cc1[nH]ncc1C(=O)NC1(C(N)=NO)CCCCCC1. The number of aromatic amines is 1. The van der Waals surface area contributed by atoms with Gasteiger partial charge in [0, 0.05) is 5.69 Å². The molecule has 0 atom stereocenters. The third-order valence-corrected chi connectivity index (χ3v) is 3.98. The monoisotopic (exact) mass is 279 g/mol. The van der Waals surface area contributed by atoms with E-state index in [1.807, 2.05) is 0 Å². The first kappa shape index (κ1) is 14.4. The summed E-state index contributed by atoms with van der Waals surface area (Å²) in [5.41, 5.74) is 6.28. The molecular formula is C13H21N5O2. The summed E-state index contributed by atoms with van der Waals surface area (Å²) in [5, 5.41) is 21.7. The van der Waals surface area contributed by atoms with Crippen molar-refractivity contribution in [1.29, 1.82) is 0 Å². The lowest BCUT2D eigenvalue weighted by Crippen LogP contribution is -2.57. The van der Waals surface area contributed by atoms with E-state index in [1.165, 1.54) is 6.20 Å². The average Bonchev–Trinajstić information content (AvgIpc) is 2.73. The predicted octanol–water partition coefficient (Wildman–Crippen LogP) is 1.29. The van der Waals surface area contributed by atoms with E-state index in [0.717, 1.165) is 25.7 Å². The van der Waals surface area contributed by atoms with Gasteiger partial charge >= 0.3 is 0 Å². The van der Waals surface area contributed by atoms with Gasteiger partial charge < -0.3 is 16.3 Å². The molecule has 2 rings (SSSR count). The second-order valence-electron chi connectivity index (χ2n) is 5.34. The molecule has 0 aliphatic heterocycles. The number of aromatic nitrogens is 2. The standard InChI is InChI=1S/C13H21N5O2/c1-9-10(8-15-17-9)11(19)16-13(12(14)18-20)6-4-2-3-5-7-13/h8,20H,2-7H2,1H3,(H2,14,18)(H,15,17)(H,16,19). The van der Waals surface area contributed by atoms with Crippen LogP contribution in [0.3, 0.4) is 0 Å². The number of carbonyl (C=O) groups excluding carboxylic acids is 1. The Morgan fingerprint density at radius 1 is 1.45 bits per heavy atom. The molecule has 20 heavy (non-hydrogen) atoms. The highest BCUT2D eigenvalue weighted by molar-refractivity contribution is 6.00. The van der Waals surface area contributed by atoms with E-state index in [2.05, 4.69) is 20.7 Å². The maximum absolute atomic E-state index is 12.4. The minimum atomic E-state index is -0.758. The van der Waals surface area contributed by atoms with Crippen LogP contribution in [0.25, 0.3) is 0 Å². The van der Waals surface area contributed by atoms with Gasteiger partial charge in [-0.25, -0.2) is 0 Å². The van der Waals surface area contributed by atoms with Crippen LogP contribution in [0.15, 0.2) is 11.4 Å². The molecule has 5 N–H and O–H groups in total. The molecule has 1 amide bonds. The number of aryl methyl sites for hydroxylation is 1. The van der Waals surface area contributed by atoms with E-state index in [-0.39, 0.29) is 11.7 Å². The van der Waals surface area contributed by atoms with Gasteiger partial charge in [0.1, 0.15) is 5.54 Å². The normalized spacial score (nSPS) is 19.4. The van der Waals surface area contributed by atoms with Gasteiger partial charge in [-0.3, -0.25) is 9.89 Å². The van der Waals surface area contributed by atoms with Gasteiger partial charge in [0.05, 0.1) is 11.8 Å². The Morgan fingerprint density at radius 3 is 2.60 bits per heavy atom. The minimum absolute atomic E-state index is 0.0777. The Morgan fingerprint density at radius 2 is 2.10 bits per heavy atom. The lowest BCUT2D eigenvalue weighted by atomic mass is 9.88. The van der Waals surface area contributed by atoms with E-state index in [1.54, 1.807) is 6.92 Å². The molecule has 1 aromatic rings. The van der Waals surface area contributed by atoms with Crippen LogP contribution < -0.4 is 11.1 Å². The molecule has 0 spiro atoms. The zero-order valence-corrected chi connectivity index (χ0v) is 11.6. The summed E-state index contributed by atoms with van der Waals surface area (Å²) in [7, 11) is 0. The summed E-state index contributed by atoms with van der Waals surface area (Å²) >= 11 is 0. The molecule has 7 nitrogen and oxygen atoms in total. The Labute approximate surface area is 117 Å². The van der Waals surface area contributed by atoms with Gasteiger partial charge in [0.15, 0.2) is 5.84 Å². The highest BCUT2D eigenvalue weighted by Gasteiger charge is 2.37. The molecule has 1 aliphatic rings. The molecule has 1 heterocycles. The Kier molecular flexibility index (Phi) is 4.26. The van der Waals surface area contributed by atoms with Crippen LogP contribution in [-0.4, -0.2) is 32.7 Å². The van der Waals surface area contributed by atoms with Gasteiger partial charge in [-0.2, -0.15) is 5.10 Å². The van der Waals surface area contributed by atoms with Crippen molar-refractivity contribution in [3.05, 3.63) is 17.5 Å². The van der Waals surface area contributed by atoms with Crippen molar-refractivity contribution in [1.82, 2.24) is 15.5 Å². The number of H-pyrrole nitrogens is 1. The molecule has 0 unspecified atom stereocenters. The number of oxime groups is 1. The second kappa shape index (κ2) is 5.94. The fraction of sp³-hybridized carbons (Fsp3) is 0.615. The second-order valence-corrected chi connectivity index (χ2v) is 5.34. The quantitative estimate of drug-likeness (QED) is 0.219. The number of nitrogens with two attached hydrogens (primary N) is 1. The van der Waals surface area contributed by atoms with Gasteiger partial charge in [-0.15, -0.1) is 0 Å². The molecule has 7 heteroatoms. The number of rotatable bonds is 3. The maximum Gasteiger partial charge on any atom is 0.255 e. The number of nitrogens with one attached hydrogen (secondary N) is 2. The van der Waals surface area contributed by atoms with Gasteiger partial charge in [0.25, 0.3) is 5.91 Å². The van der Waals surface area contributed by atoms with Crippen LogP contribution >= 0.6 is 0 Å². The largest absolute Gasteiger partial charge is 0.409 e. The van der Waals surface area contributed by atoms with Crippen molar-refractivity contribution in [2.24, 2.45) is 10.9 Å².